The molecule has 0 aliphatic heterocycles. The van der Waals surface area contributed by atoms with Gasteiger partial charge in [0.05, 0.1) is 12.6 Å². The Morgan fingerprint density at radius 2 is 2.12 bits per heavy atom. The first kappa shape index (κ1) is 11.2. The maximum atomic E-state index is 11.1. The maximum Gasteiger partial charge on any atom is 0.339 e. The molecule has 17 heavy (non-hydrogen) atoms. The molecule has 0 bridgehead atoms. The van der Waals surface area contributed by atoms with Gasteiger partial charge in [0.2, 0.25) is 0 Å². The van der Waals surface area contributed by atoms with Crippen molar-refractivity contribution < 1.29 is 14.6 Å². The summed E-state index contributed by atoms with van der Waals surface area (Å²) in [6.45, 7) is 1.83. The first-order valence-corrected chi connectivity index (χ1v) is 5.01. The molecule has 0 spiro atoms. The van der Waals surface area contributed by atoms with E-state index in [2.05, 4.69) is 4.98 Å². The number of fused-ring (bicyclic) bond motifs is 1. The molecule has 2 rings (SSSR count). The standard InChI is InChI=1S/C12H12N2O3/c1-6-3-7-4-8(12(15)16)10(17-2)5-9(7)14-11(6)13/h3-5H,1-2H3,(H2,13,14)(H,15,16). The molecule has 0 amide bonds. The molecule has 1 aromatic carbocycles. The summed E-state index contributed by atoms with van der Waals surface area (Å²) in [6.07, 6.45) is 0. The fraction of sp³-hybridized carbons (Fsp3) is 0.167. The molecule has 5 heteroatoms. The molecule has 88 valence electrons. The number of nitrogens with zero attached hydrogens (tertiary/aromatic N) is 1. The summed E-state index contributed by atoms with van der Waals surface area (Å²) >= 11 is 0. The summed E-state index contributed by atoms with van der Waals surface area (Å²) in [5, 5.41) is 9.79. The van der Waals surface area contributed by atoms with E-state index in [9.17, 15) is 4.79 Å². The van der Waals surface area contributed by atoms with Crippen molar-refractivity contribution in [2.75, 3.05) is 12.8 Å². The predicted molar refractivity (Wildman–Crippen MR) is 64.4 cm³/mol. The van der Waals surface area contributed by atoms with Crippen molar-refractivity contribution in [2.45, 2.75) is 6.92 Å². The van der Waals surface area contributed by atoms with Crippen LogP contribution >= 0.6 is 0 Å². The van der Waals surface area contributed by atoms with Crippen molar-refractivity contribution in [2.24, 2.45) is 0 Å². The molecule has 0 radical (unpaired) electrons. The Morgan fingerprint density at radius 3 is 2.71 bits per heavy atom. The molecule has 0 atom stereocenters. The Hall–Kier alpha value is -2.30. The number of nitrogen functional groups attached to an aromatic ring is 1. The minimum Gasteiger partial charge on any atom is -0.496 e. The molecule has 2 aromatic rings. The van der Waals surface area contributed by atoms with E-state index in [1.165, 1.54) is 13.2 Å². The van der Waals surface area contributed by atoms with Gasteiger partial charge in [-0.2, -0.15) is 0 Å². The number of pyridine rings is 1. The molecular formula is C12H12N2O3. The zero-order chi connectivity index (χ0) is 12.6. The van der Waals surface area contributed by atoms with Crippen LogP contribution in [0.15, 0.2) is 18.2 Å². The smallest absolute Gasteiger partial charge is 0.339 e. The largest absolute Gasteiger partial charge is 0.496 e. The topological polar surface area (TPSA) is 85.4 Å². The molecular weight excluding hydrogens is 220 g/mol. The average Bonchev–Trinajstić information content (AvgIpc) is 2.29. The van der Waals surface area contributed by atoms with E-state index in [0.717, 1.165) is 10.9 Å². The van der Waals surface area contributed by atoms with Crippen molar-refractivity contribution in [1.82, 2.24) is 4.98 Å². The molecule has 0 saturated carbocycles. The molecule has 0 fully saturated rings. The number of aromatic nitrogens is 1. The van der Waals surface area contributed by atoms with E-state index >= 15 is 0 Å². The van der Waals surface area contributed by atoms with Gasteiger partial charge in [-0.05, 0) is 24.6 Å². The van der Waals surface area contributed by atoms with Gasteiger partial charge >= 0.3 is 5.97 Å². The lowest BCUT2D eigenvalue weighted by atomic mass is 10.1. The van der Waals surface area contributed by atoms with Gasteiger partial charge in [-0.1, -0.05) is 0 Å². The average molecular weight is 232 g/mol. The number of carbonyl (C=O) groups is 1. The molecule has 5 nitrogen and oxygen atoms in total. The van der Waals surface area contributed by atoms with Gasteiger partial charge in [0.25, 0.3) is 0 Å². The van der Waals surface area contributed by atoms with Crippen LogP contribution in [-0.2, 0) is 0 Å². The molecule has 1 heterocycles. The third kappa shape index (κ3) is 1.87. The first-order chi connectivity index (χ1) is 8.02. The van der Waals surface area contributed by atoms with E-state index in [1.807, 2.05) is 13.0 Å². The number of ether oxygens (including phenoxy) is 1. The normalized spacial score (nSPS) is 10.5. The predicted octanol–water partition coefficient (Wildman–Crippen LogP) is 1.83. The highest BCUT2D eigenvalue weighted by atomic mass is 16.5. The third-order valence-corrected chi connectivity index (χ3v) is 2.60. The number of anilines is 1. The molecule has 0 unspecified atom stereocenters. The lowest BCUT2D eigenvalue weighted by Gasteiger charge is -2.08. The van der Waals surface area contributed by atoms with Gasteiger partial charge in [0.15, 0.2) is 0 Å². The minimum absolute atomic E-state index is 0.117. The van der Waals surface area contributed by atoms with Gasteiger partial charge < -0.3 is 15.6 Å². The molecule has 0 aliphatic rings. The summed E-state index contributed by atoms with van der Waals surface area (Å²) in [6, 6.07) is 4.92. The van der Waals surface area contributed by atoms with Crippen molar-refractivity contribution in [1.29, 1.82) is 0 Å². The van der Waals surface area contributed by atoms with Gasteiger partial charge in [-0.25, -0.2) is 9.78 Å². The van der Waals surface area contributed by atoms with E-state index in [4.69, 9.17) is 15.6 Å². The summed E-state index contributed by atoms with van der Waals surface area (Å²) in [5.41, 5.74) is 7.26. The van der Waals surface area contributed by atoms with Crippen LogP contribution in [0, 0.1) is 6.92 Å². The lowest BCUT2D eigenvalue weighted by Crippen LogP contribution is -2.02. The molecule has 3 N–H and O–H groups in total. The van der Waals surface area contributed by atoms with Crippen LogP contribution in [-0.4, -0.2) is 23.2 Å². The number of methoxy groups -OCH3 is 1. The maximum absolute atomic E-state index is 11.1. The van der Waals surface area contributed by atoms with Gasteiger partial charge in [-0.3, -0.25) is 0 Å². The van der Waals surface area contributed by atoms with Crippen LogP contribution in [0.25, 0.3) is 10.9 Å². The van der Waals surface area contributed by atoms with Crippen LogP contribution in [0.5, 0.6) is 5.75 Å². The highest BCUT2D eigenvalue weighted by Crippen LogP contribution is 2.26. The fourth-order valence-corrected chi connectivity index (χ4v) is 1.66. The molecule has 0 aliphatic carbocycles. The molecule has 1 aromatic heterocycles. The number of aromatic carboxylic acids is 1. The second kappa shape index (κ2) is 3.93. The number of nitrogens with two attached hydrogens (primary N) is 1. The Labute approximate surface area is 97.8 Å². The number of aryl methyl sites for hydroxylation is 1. The summed E-state index contributed by atoms with van der Waals surface area (Å²) in [5.74, 6) is -0.318. The third-order valence-electron chi connectivity index (χ3n) is 2.60. The molecule has 0 saturated heterocycles. The van der Waals surface area contributed by atoms with E-state index in [1.54, 1.807) is 6.07 Å². The fourth-order valence-electron chi connectivity index (χ4n) is 1.66. The van der Waals surface area contributed by atoms with Crippen LogP contribution in [0.3, 0.4) is 0 Å². The summed E-state index contributed by atoms with van der Waals surface area (Å²) in [7, 11) is 1.42. The van der Waals surface area contributed by atoms with Crippen molar-refractivity contribution >= 4 is 22.7 Å². The van der Waals surface area contributed by atoms with Crippen LogP contribution in [0.4, 0.5) is 5.82 Å². The Bertz CT molecular complexity index is 608. The number of hydrogen-bond donors (Lipinski definition) is 2. The van der Waals surface area contributed by atoms with E-state index in [-0.39, 0.29) is 11.3 Å². The lowest BCUT2D eigenvalue weighted by molar-refractivity contribution is 0.0693. The van der Waals surface area contributed by atoms with Crippen molar-refractivity contribution in [3.05, 3.63) is 29.3 Å². The second-order valence-electron chi connectivity index (χ2n) is 3.74. The van der Waals surface area contributed by atoms with Gasteiger partial charge in [0, 0.05) is 11.5 Å². The highest BCUT2D eigenvalue weighted by molar-refractivity contribution is 5.97. The number of rotatable bonds is 2. The van der Waals surface area contributed by atoms with Gasteiger partial charge in [-0.15, -0.1) is 0 Å². The number of carboxylic acid groups (broad SMARTS) is 1. The summed E-state index contributed by atoms with van der Waals surface area (Å²) < 4.78 is 5.02. The first-order valence-electron chi connectivity index (χ1n) is 5.01. The SMILES string of the molecule is COc1cc2nc(N)c(C)cc2cc1C(=O)O. The number of hydrogen-bond acceptors (Lipinski definition) is 4. The Morgan fingerprint density at radius 1 is 1.41 bits per heavy atom. The number of carboxylic acids is 1. The van der Waals surface area contributed by atoms with E-state index < -0.39 is 5.97 Å². The monoisotopic (exact) mass is 232 g/mol. The Kier molecular flexibility index (Phi) is 2.59. The summed E-state index contributed by atoms with van der Waals surface area (Å²) in [4.78, 5) is 15.2. The zero-order valence-corrected chi connectivity index (χ0v) is 9.52. The highest BCUT2D eigenvalue weighted by Gasteiger charge is 2.13. The Balaban J connectivity index is 2.78. The zero-order valence-electron chi connectivity index (χ0n) is 9.52. The van der Waals surface area contributed by atoms with Crippen LogP contribution in [0.1, 0.15) is 15.9 Å². The van der Waals surface area contributed by atoms with Crippen molar-refractivity contribution in [3.8, 4) is 5.75 Å². The van der Waals surface area contributed by atoms with Crippen molar-refractivity contribution in [3.63, 3.8) is 0 Å². The minimum atomic E-state index is -1.03. The quantitative estimate of drug-likeness (QED) is 0.825. The number of benzene rings is 1. The van der Waals surface area contributed by atoms with Gasteiger partial charge in [0.1, 0.15) is 17.1 Å². The van der Waals surface area contributed by atoms with Crippen LogP contribution in [0.2, 0.25) is 0 Å². The van der Waals surface area contributed by atoms with Crippen LogP contribution < -0.4 is 10.5 Å². The van der Waals surface area contributed by atoms with E-state index in [0.29, 0.717) is 11.3 Å². The second-order valence-corrected chi connectivity index (χ2v) is 3.74.